The molecule has 1 aliphatic carbocycles. The first-order valence-electron chi connectivity index (χ1n) is 4.76. The highest BCUT2D eigenvalue weighted by Gasteiger charge is 2.33. The highest BCUT2D eigenvalue weighted by atomic mass is 14.6. The molecule has 0 spiro atoms. The van der Waals surface area contributed by atoms with Crippen molar-refractivity contribution in [2.45, 2.75) is 31.1 Å². The van der Waals surface area contributed by atoms with Crippen LogP contribution in [0, 0.1) is 12.3 Å². The molecular weight excluding hydrogens is 158 g/mol. The Morgan fingerprint density at radius 2 is 2.15 bits per heavy atom. The van der Waals surface area contributed by atoms with Gasteiger partial charge in [-0.15, -0.1) is 6.42 Å². The molecule has 0 aliphatic heterocycles. The second kappa shape index (κ2) is 3.22. The highest BCUT2D eigenvalue weighted by Crippen LogP contribution is 2.39. The fourth-order valence-corrected chi connectivity index (χ4v) is 2.14. The maximum atomic E-state index is 5.62. The molecule has 0 N–H and O–H groups in total. The van der Waals surface area contributed by atoms with E-state index in [0.717, 1.165) is 12.8 Å². The standard InChI is InChI=1S/C12H13N/c1-2-12(7-3-4-8-12)11-6-5-9-13-10-11/h1,5-6,9-10H,3-4,7-8H2. The molecule has 0 bridgehead atoms. The van der Waals surface area contributed by atoms with Crippen LogP contribution in [-0.4, -0.2) is 4.98 Å². The molecule has 2 rings (SSSR count). The molecule has 1 aromatic heterocycles. The van der Waals surface area contributed by atoms with Gasteiger partial charge in [0.1, 0.15) is 0 Å². The number of pyridine rings is 1. The Bertz CT molecular complexity index is 315. The van der Waals surface area contributed by atoms with E-state index in [0.29, 0.717) is 0 Å². The van der Waals surface area contributed by atoms with E-state index in [2.05, 4.69) is 17.0 Å². The molecule has 1 saturated carbocycles. The zero-order valence-electron chi connectivity index (χ0n) is 7.66. The lowest BCUT2D eigenvalue weighted by Gasteiger charge is -2.21. The number of nitrogens with zero attached hydrogens (tertiary/aromatic N) is 1. The molecule has 13 heavy (non-hydrogen) atoms. The number of rotatable bonds is 1. The fourth-order valence-electron chi connectivity index (χ4n) is 2.14. The maximum absolute atomic E-state index is 5.62. The van der Waals surface area contributed by atoms with E-state index in [1.165, 1.54) is 18.4 Å². The summed E-state index contributed by atoms with van der Waals surface area (Å²) in [5, 5.41) is 0. The molecule has 1 fully saturated rings. The minimum atomic E-state index is -0.00569. The van der Waals surface area contributed by atoms with Crippen LogP contribution in [-0.2, 0) is 5.41 Å². The lowest BCUT2D eigenvalue weighted by molar-refractivity contribution is 0.579. The van der Waals surface area contributed by atoms with E-state index in [9.17, 15) is 0 Å². The van der Waals surface area contributed by atoms with Gasteiger partial charge in [-0.05, 0) is 24.5 Å². The summed E-state index contributed by atoms with van der Waals surface area (Å²) in [7, 11) is 0. The molecule has 0 atom stereocenters. The quantitative estimate of drug-likeness (QED) is 0.592. The van der Waals surface area contributed by atoms with Crippen LogP contribution in [0.5, 0.6) is 0 Å². The number of hydrogen-bond donors (Lipinski definition) is 0. The zero-order chi connectivity index (χ0) is 9.15. The van der Waals surface area contributed by atoms with Gasteiger partial charge in [-0.25, -0.2) is 0 Å². The third-order valence-electron chi connectivity index (χ3n) is 2.95. The third-order valence-corrected chi connectivity index (χ3v) is 2.95. The van der Waals surface area contributed by atoms with Crippen LogP contribution in [0.25, 0.3) is 0 Å². The van der Waals surface area contributed by atoms with Crippen LogP contribution in [0.4, 0.5) is 0 Å². The van der Waals surface area contributed by atoms with E-state index in [1.54, 1.807) is 6.20 Å². The Morgan fingerprint density at radius 3 is 2.69 bits per heavy atom. The lowest BCUT2D eigenvalue weighted by atomic mass is 9.81. The minimum Gasteiger partial charge on any atom is -0.264 e. The third kappa shape index (κ3) is 1.33. The van der Waals surface area contributed by atoms with Crippen molar-refractivity contribution in [2.75, 3.05) is 0 Å². The molecule has 1 nitrogen and oxygen atoms in total. The van der Waals surface area contributed by atoms with Gasteiger partial charge in [0.15, 0.2) is 0 Å². The second-order valence-electron chi connectivity index (χ2n) is 3.68. The van der Waals surface area contributed by atoms with Crippen molar-refractivity contribution in [2.24, 2.45) is 0 Å². The van der Waals surface area contributed by atoms with Crippen LogP contribution in [0.2, 0.25) is 0 Å². The zero-order valence-corrected chi connectivity index (χ0v) is 7.66. The van der Waals surface area contributed by atoms with E-state index in [4.69, 9.17) is 6.42 Å². The number of hydrogen-bond acceptors (Lipinski definition) is 1. The van der Waals surface area contributed by atoms with Crippen molar-refractivity contribution in [1.82, 2.24) is 4.98 Å². The summed E-state index contributed by atoms with van der Waals surface area (Å²) in [4.78, 5) is 4.13. The van der Waals surface area contributed by atoms with Gasteiger partial charge in [-0.2, -0.15) is 0 Å². The number of terminal acetylenes is 1. The summed E-state index contributed by atoms with van der Waals surface area (Å²) in [6.07, 6.45) is 14.1. The molecule has 0 unspecified atom stereocenters. The van der Waals surface area contributed by atoms with Crippen LogP contribution >= 0.6 is 0 Å². The average Bonchev–Trinajstić information content (AvgIpc) is 2.69. The van der Waals surface area contributed by atoms with Crippen molar-refractivity contribution in [3.8, 4) is 12.3 Å². The minimum absolute atomic E-state index is 0.00569. The van der Waals surface area contributed by atoms with Gasteiger partial charge < -0.3 is 0 Å². The summed E-state index contributed by atoms with van der Waals surface area (Å²) >= 11 is 0. The Hall–Kier alpha value is -1.29. The smallest absolute Gasteiger partial charge is 0.0575 e. The molecule has 0 radical (unpaired) electrons. The summed E-state index contributed by atoms with van der Waals surface area (Å²) in [5.41, 5.74) is 1.21. The first-order chi connectivity index (χ1) is 6.37. The normalized spacial score (nSPS) is 19.6. The molecule has 0 saturated heterocycles. The van der Waals surface area contributed by atoms with E-state index in [-0.39, 0.29) is 5.41 Å². The molecule has 0 amide bonds. The van der Waals surface area contributed by atoms with Crippen molar-refractivity contribution < 1.29 is 0 Å². The predicted octanol–water partition coefficient (Wildman–Crippen LogP) is 2.53. The summed E-state index contributed by atoms with van der Waals surface area (Å²) in [6.45, 7) is 0. The fraction of sp³-hybridized carbons (Fsp3) is 0.417. The van der Waals surface area contributed by atoms with Crippen LogP contribution in [0.1, 0.15) is 31.2 Å². The Balaban J connectivity index is 2.38. The van der Waals surface area contributed by atoms with Gasteiger partial charge in [0.2, 0.25) is 0 Å². The molecule has 0 aromatic carbocycles. The average molecular weight is 171 g/mol. The van der Waals surface area contributed by atoms with E-state index < -0.39 is 0 Å². The summed E-state index contributed by atoms with van der Waals surface area (Å²) in [6, 6.07) is 4.06. The summed E-state index contributed by atoms with van der Waals surface area (Å²) < 4.78 is 0. The Kier molecular flexibility index (Phi) is 2.06. The van der Waals surface area contributed by atoms with Crippen LogP contribution < -0.4 is 0 Å². The van der Waals surface area contributed by atoms with Crippen molar-refractivity contribution >= 4 is 0 Å². The monoisotopic (exact) mass is 171 g/mol. The number of aromatic nitrogens is 1. The Labute approximate surface area is 79.2 Å². The predicted molar refractivity (Wildman–Crippen MR) is 53.2 cm³/mol. The topological polar surface area (TPSA) is 12.9 Å². The molecule has 1 heterocycles. The molecule has 66 valence electrons. The second-order valence-corrected chi connectivity index (χ2v) is 3.68. The SMILES string of the molecule is C#CC1(c2cccnc2)CCCC1. The molecule has 1 aromatic rings. The van der Waals surface area contributed by atoms with Gasteiger partial charge >= 0.3 is 0 Å². The van der Waals surface area contributed by atoms with Gasteiger partial charge in [0.25, 0.3) is 0 Å². The van der Waals surface area contributed by atoms with Crippen molar-refractivity contribution in [1.29, 1.82) is 0 Å². The van der Waals surface area contributed by atoms with Crippen molar-refractivity contribution in [3.05, 3.63) is 30.1 Å². The van der Waals surface area contributed by atoms with Crippen LogP contribution in [0.3, 0.4) is 0 Å². The lowest BCUT2D eigenvalue weighted by Crippen LogP contribution is -2.19. The van der Waals surface area contributed by atoms with Crippen molar-refractivity contribution in [3.63, 3.8) is 0 Å². The maximum Gasteiger partial charge on any atom is 0.0575 e. The van der Waals surface area contributed by atoms with Gasteiger partial charge in [-0.3, -0.25) is 4.98 Å². The molecule has 1 aliphatic rings. The molecular formula is C12H13N. The van der Waals surface area contributed by atoms with Gasteiger partial charge in [0.05, 0.1) is 5.41 Å². The first kappa shape index (κ1) is 8.31. The van der Waals surface area contributed by atoms with Crippen LogP contribution in [0.15, 0.2) is 24.5 Å². The molecule has 1 heteroatoms. The Morgan fingerprint density at radius 1 is 1.38 bits per heavy atom. The largest absolute Gasteiger partial charge is 0.264 e. The van der Waals surface area contributed by atoms with E-state index >= 15 is 0 Å². The summed E-state index contributed by atoms with van der Waals surface area (Å²) in [5.74, 6) is 2.95. The van der Waals surface area contributed by atoms with E-state index in [1.807, 2.05) is 12.3 Å². The van der Waals surface area contributed by atoms with Gasteiger partial charge in [0, 0.05) is 12.4 Å². The first-order valence-corrected chi connectivity index (χ1v) is 4.76. The highest BCUT2D eigenvalue weighted by molar-refractivity contribution is 5.33. The van der Waals surface area contributed by atoms with Gasteiger partial charge in [-0.1, -0.05) is 24.8 Å².